The zero-order chi connectivity index (χ0) is 19.3. The number of benzene rings is 1. The largest absolute Gasteiger partial charge is 0.493 e. The lowest BCUT2D eigenvalue weighted by Crippen LogP contribution is -2.40. The van der Waals surface area contributed by atoms with Gasteiger partial charge in [-0.25, -0.2) is 8.42 Å². The van der Waals surface area contributed by atoms with Crippen molar-refractivity contribution in [3.63, 3.8) is 0 Å². The molecule has 1 aromatic rings. The highest BCUT2D eigenvalue weighted by molar-refractivity contribution is 7.89. The molecule has 1 saturated heterocycles. The first-order valence-electron chi connectivity index (χ1n) is 7.65. The van der Waals surface area contributed by atoms with Crippen LogP contribution >= 0.6 is 0 Å². The number of carboxylic acid groups (broad SMARTS) is 1. The first-order valence-corrected chi connectivity index (χ1v) is 9.09. The average molecular weight is 388 g/mol. The number of carbonyl (C=O) groups is 2. The summed E-state index contributed by atoms with van der Waals surface area (Å²) >= 11 is 0. The van der Waals surface area contributed by atoms with Crippen LogP contribution in [0, 0.1) is 0 Å². The molecule has 2 N–H and O–H groups in total. The van der Waals surface area contributed by atoms with Crippen molar-refractivity contribution in [2.45, 2.75) is 4.90 Å². The van der Waals surface area contributed by atoms with Gasteiger partial charge in [0.25, 0.3) is 5.91 Å². The first kappa shape index (κ1) is 19.9. The fourth-order valence-corrected chi connectivity index (χ4v) is 3.89. The summed E-state index contributed by atoms with van der Waals surface area (Å²) in [6.07, 6.45) is 0. The minimum Gasteiger partial charge on any atom is -0.493 e. The molecule has 1 heterocycles. The van der Waals surface area contributed by atoms with E-state index >= 15 is 0 Å². The quantitative estimate of drug-likeness (QED) is 0.641. The van der Waals surface area contributed by atoms with Gasteiger partial charge in [-0.05, 0) is 6.07 Å². The van der Waals surface area contributed by atoms with Gasteiger partial charge in [-0.2, -0.15) is 4.31 Å². The van der Waals surface area contributed by atoms with Crippen molar-refractivity contribution < 1.29 is 37.3 Å². The number of hydrogen-bond donors (Lipinski definition) is 2. The van der Waals surface area contributed by atoms with Gasteiger partial charge in [-0.3, -0.25) is 9.59 Å². The highest BCUT2D eigenvalue weighted by Crippen LogP contribution is 2.35. The van der Waals surface area contributed by atoms with E-state index in [0.29, 0.717) is 0 Å². The molecule has 1 fully saturated rings. The van der Waals surface area contributed by atoms with Crippen LogP contribution in [-0.2, 0) is 19.6 Å². The smallest absolute Gasteiger partial charge is 0.322 e. The van der Waals surface area contributed by atoms with Crippen molar-refractivity contribution in [3.05, 3.63) is 17.7 Å². The van der Waals surface area contributed by atoms with Crippen molar-refractivity contribution in [1.82, 2.24) is 9.62 Å². The van der Waals surface area contributed by atoms with Crippen molar-refractivity contribution >= 4 is 21.9 Å². The third-order valence-electron chi connectivity index (χ3n) is 3.71. The maximum atomic E-state index is 12.8. The number of amides is 1. The highest BCUT2D eigenvalue weighted by Gasteiger charge is 2.30. The topological polar surface area (TPSA) is 131 Å². The SMILES string of the molecule is COc1cc(S(=O)(=O)N2CCOCC2)cc(C(=O)NCC(=O)O)c1OC. The third-order valence-corrected chi connectivity index (χ3v) is 5.58. The third kappa shape index (κ3) is 4.23. The minimum absolute atomic E-state index is 0.0105. The van der Waals surface area contributed by atoms with Crippen molar-refractivity contribution in [3.8, 4) is 11.5 Å². The molecular weight excluding hydrogens is 368 g/mol. The van der Waals surface area contributed by atoms with E-state index in [1.165, 1.54) is 24.6 Å². The van der Waals surface area contributed by atoms with Crippen LogP contribution in [0.4, 0.5) is 0 Å². The molecule has 0 unspecified atom stereocenters. The Balaban J connectivity index is 2.49. The molecule has 1 aromatic carbocycles. The van der Waals surface area contributed by atoms with Crippen molar-refractivity contribution in [2.75, 3.05) is 47.1 Å². The van der Waals surface area contributed by atoms with Gasteiger partial charge in [0, 0.05) is 19.2 Å². The molecule has 0 aromatic heterocycles. The van der Waals surface area contributed by atoms with Crippen molar-refractivity contribution in [2.24, 2.45) is 0 Å². The molecule has 11 heteroatoms. The van der Waals surface area contributed by atoms with E-state index in [4.69, 9.17) is 19.3 Å². The number of sulfonamides is 1. The van der Waals surface area contributed by atoms with E-state index in [2.05, 4.69) is 5.32 Å². The number of rotatable bonds is 7. The van der Waals surface area contributed by atoms with E-state index in [0.717, 1.165) is 6.07 Å². The summed E-state index contributed by atoms with van der Waals surface area (Å²) in [6.45, 7) is 0.316. The monoisotopic (exact) mass is 388 g/mol. The molecule has 1 aliphatic heterocycles. The van der Waals surface area contributed by atoms with E-state index in [1.54, 1.807) is 0 Å². The van der Waals surface area contributed by atoms with Gasteiger partial charge < -0.3 is 24.6 Å². The van der Waals surface area contributed by atoms with Crippen LogP contribution in [0.25, 0.3) is 0 Å². The molecule has 0 bridgehead atoms. The van der Waals surface area contributed by atoms with Crippen LogP contribution in [0.15, 0.2) is 17.0 Å². The van der Waals surface area contributed by atoms with Gasteiger partial charge in [0.05, 0.1) is 37.9 Å². The molecular formula is C15H20N2O8S. The van der Waals surface area contributed by atoms with Crippen LogP contribution < -0.4 is 14.8 Å². The van der Waals surface area contributed by atoms with Crippen LogP contribution in [-0.4, -0.2) is 76.8 Å². The number of hydrogen-bond acceptors (Lipinski definition) is 7. The molecule has 0 saturated carbocycles. The Kier molecular flexibility index (Phi) is 6.40. The van der Waals surface area contributed by atoms with Crippen LogP contribution in [0.3, 0.4) is 0 Å². The normalized spacial score (nSPS) is 15.3. The second-order valence-electron chi connectivity index (χ2n) is 5.30. The first-order chi connectivity index (χ1) is 12.3. The van der Waals surface area contributed by atoms with Gasteiger partial charge in [-0.15, -0.1) is 0 Å². The van der Waals surface area contributed by atoms with Gasteiger partial charge in [0.15, 0.2) is 11.5 Å². The van der Waals surface area contributed by atoms with Crippen LogP contribution in [0.5, 0.6) is 11.5 Å². The molecule has 0 aliphatic carbocycles. The van der Waals surface area contributed by atoms with Gasteiger partial charge in [0.1, 0.15) is 6.54 Å². The number of methoxy groups -OCH3 is 2. The van der Waals surface area contributed by atoms with Crippen LogP contribution in [0.1, 0.15) is 10.4 Å². The summed E-state index contributed by atoms with van der Waals surface area (Å²) in [5.41, 5.74) is -0.139. The molecule has 0 atom stereocenters. The average Bonchev–Trinajstić information content (AvgIpc) is 2.65. The zero-order valence-electron chi connectivity index (χ0n) is 14.4. The van der Waals surface area contributed by atoms with Crippen LogP contribution in [0.2, 0.25) is 0 Å². The molecule has 0 spiro atoms. The Labute approximate surface area is 150 Å². The summed E-state index contributed by atoms with van der Waals surface area (Å²) in [5, 5.41) is 10.9. The summed E-state index contributed by atoms with van der Waals surface area (Å²) in [7, 11) is -1.28. The Bertz CT molecular complexity index is 787. The number of morpholine rings is 1. The number of aliphatic carboxylic acids is 1. The van der Waals surface area contributed by atoms with E-state index in [-0.39, 0.29) is 48.3 Å². The molecule has 10 nitrogen and oxygen atoms in total. The molecule has 1 amide bonds. The Morgan fingerprint density at radius 2 is 1.88 bits per heavy atom. The minimum atomic E-state index is -3.89. The lowest BCUT2D eigenvalue weighted by Gasteiger charge is -2.26. The molecule has 26 heavy (non-hydrogen) atoms. The maximum Gasteiger partial charge on any atom is 0.322 e. The Morgan fingerprint density at radius 1 is 1.23 bits per heavy atom. The van der Waals surface area contributed by atoms with Gasteiger partial charge in [0.2, 0.25) is 10.0 Å². The molecule has 1 aliphatic rings. The van der Waals surface area contributed by atoms with E-state index in [9.17, 15) is 18.0 Å². The second kappa shape index (κ2) is 8.34. The fraction of sp³-hybridized carbons (Fsp3) is 0.467. The number of ether oxygens (including phenoxy) is 3. The highest BCUT2D eigenvalue weighted by atomic mass is 32.2. The summed E-state index contributed by atoms with van der Waals surface area (Å²) in [6, 6.07) is 2.40. The Hall–Kier alpha value is -2.37. The van der Waals surface area contributed by atoms with Gasteiger partial charge >= 0.3 is 5.97 Å². The van der Waals surface area contributed by atoms with Crippen molar-refractivity contribution in [1.29, 1.82) is 0 Å². The standard InChI is InChI=1S/C15H20N2O8S/c1-23-12-8-10(26(21,22)17-3-5-25-6-4-17)7-11(14(12)24-2)15(20)16-9-13(18)19/h7-8H,3-6,9H2,1-2H3,(H,16,20)(H,18,19). The summed E-state index contributed by atoms with van der Waals surface area (Å²) in [4.78, 5) is 22.8. The number of carboxylic acids is 1. The number of carbonyl (C=O) groups excluding carboxylic acids is 1. The lowest BCUT2D eigenvalue weighted by molar-refractivity contribution is -0.135. The lowest BCUT2D eigenvalue weighted by atomic mass is 10.1. The second-order valence-corrected chi connectivity index (χ2v) is 7.24. The van der Waals surface area contributed by atoms with Gasteiger partial charge in [-0.1, -0.05) is 0 Å². The predicted octanol–water partition coefficient (Wildman–Crippen LogP) is -0.461. The number of nitrogens with zero attached hydrogens (tertiary/aromatic N) is 1. The number of nitrogens with one attached hydrogen (secondary N) is 1. The zero-order valence-corrected chi connectivity index (χ0v) is 15.2. The summed E-state index contributed by atoms with van der Waals surface area (Å²) in [5.74, 6) is -1.97. The Morgan fingerprint density at radius 3 is 2.42 bits per heavy atom. The maximum absolute atomic E-state index is 12.8. The summed E-state index contributed by atoms with van der Waals surface area (Å²) < 4.78 is 42.4. The molecule has 2 rings (SSSR count). The molecule has 144 valence electrons. The predicted molar refractivity (Wildman–Crippen MR) is 89.1 cm³/mol. The van der Waals surface area contributed by atoms with E-state index in [1.807, 2.05) is 0 Å². The molecule has 0 radical (unpaired) electrons. The fourth-order valence-electron chi connectivity index (χ4n) is 2.44. The van der Waals surface area contributed by atoms with E-state index < -0.39 is 28.4 Å².